The van der Waals surface area contributed by atoms with Crippen LogP contribution < -0.4 is 4.90 Å². The van der Waals surface area contributed by atoms with E-state index < -0.39 is 0 Å². The molecule has 25 heavy (non-hydrogen) atoms. The van der Waals surface area contributed by atoms with Gasteiger partial charge in [-0.05, 0) is 25.0 Å². The van der Waals surface area contributed by atoms with Crippen LogP contribution in [0, 0.1) is 0 Å². The number of hydrogen-bond donors (Lipinski definition) is 0. The maximum absolute atomic E-state index is 5.46. The minimum Gasteiger partial charge on any atom is -0.361 e. The molecule has 6 heteroatoms. The number of anilines is 1. The van der Waals surface area contributed by atoms with Crippen molar-refractivity contribution in [2.75, 3.05) is 44.2 Å². The van der Waals surface area contributed by atoms with E-state index in [4.69, 9.17) is 4.52 Å². The summed E-state index contributed by atoms with van der Waals surface area (Å²) in [6.45, 7) is 7.75. The molecule has 5 rings (SSSR count). The van der Waals surface area contributed by atoms with Gasteiger partial charge in [-0.1, -0.05) is 11.2 Å². The largest absolute Gasteiger partial charge is 0.361 e. The van der Waals surface area contributed by atoms with Gasteiger partial charge in [-0.15, -0.1) is 0 Å². The van der Waals surface area contributed by atoms with Gasteiger partial charge in [0.2, 0.25) is 0 Å². The third-order valence-corrected chi connectivity index (χ3v) is 5.76. The molecular formula is C19H25N5O. The Kier molecular flexibility index (Phi) is 3.94. The molecule has 0 unspecified atom stereocenters. The minimum absolute atomic E-state index is 0.647. The number of nitrogens with zero attached hydrogens (tertiary/aromatic N) is 5. The summed E-state index contributed by atoms with van der Waals surface area (Å²) in [5, 5.41) is 4.02. The summed E-state index contributed by atoms with van der Waals surface area (Å²) in [6.07, 6.45) is 6.34. The Labute approximate surface area is 148 Å². The first kappa shape index (κ1) is 15.3. The fraction of sp³-hybridized carbons (Fsp3) is 0.579. The highest BCUT2D eigenvalue weighted by Crippen LogP contribution is 2.42. The second-order valence-electron chi connectivity index (χ2n) is 7.55. The van der Waals surface area contributed by atoms with Crippen LogP contribution in [0.4, 0.5) is 5.82 Å². The molecule has 2 aromatic heterocycles. The first-order valence-corrected chi connectivity index (χ1v) is 9.42. The summed E-state index contributed by atoms with van der Waals surface area (Å²) in [4.78, 5) is 12.0. The number of hydrogen-bond acceptors (Lipinski definition) is 6. The molecule has 1 aliphatic carbocycles. The van der Waals surface area contributed by atoms with Crippen molar-refractivity contribution in [2.45, 2.75) is 31.3 Å². The molecule has 0 N–H and O–H groups in total. The summed E-state index contributed by atoms with van der Waals surface area (Å²) < 4.78 is 5.46. The van der Waals surface area contributed by atoms with Crippen molar-refractivity contribution >= 4 is 5.82 Å². The van der Waals surface area contributed by atoms with Crippen LogP contribution >= 0.6 is 0 Å². The van der Waals surface area contributed by atoms with E-state index in [1.807, 2.05) is 18.5 Å². The van der Waals surface area contributed by atoms with Crippen molar-refractivity contribution in [1.82, 2.24) is 19.9 Å². The van der Waals surface area contributed by atoms with Gasteiger partial charge in [0, 0.05) is 69.5 Å². The molecule has 0 aromatic carbocycles. The number of pyridine rings is 1. The Morgan fingerprint density at radius 1 is 1.08 bits per heavy atom. The lowest BCUT2D eigenvalue weighted by atomic mass is 10.0. The zero-order valence-corrected chi connectivity index (χ0v) is 14.5. The average Bonchev–Trinajstić information content (AvgIpc) is 3.37. The van der Waals surface area contributed by atoms with Crippen LogP contribution in [0.25, 0.3) is 0 Å². The monoisotopic (exact) mass is 339 g/mol. The lowest BCUT2D eigenvalue weighted by molar-refractivity contribution is 0.0252. The zero-order chi connectivity index (χ0) is 16.6. The fourth-order valence-corrected chi connectivity index (χ4v) is 4.07. The molecule has 2 saturated heterocycles. The molecule has 1 saturated carbocycles. The molecule has 132 valence electrons. The van der Waals surface area contributed by atoms with E-state index in [0.717, 1.165) is 44.3 Å². The molecule has 2 aromatic rings. The van der Waals surface area contributed by atoms with Crippen molar-refractivity contribution in [3.63, 3.8) is 0 Å². The first-order chi connectivity index (χ1) is 12.4. The van der Waals surface area contributed by atoms with Crippen molar-refractivity contribution in [3.8, 4) is 0 Å². The quantitative estimate of drug-likeness (QED) is 0.830. The molecule has 2 aliphatic heterocycles. The number of aromatic nitrogens is 2. The fourth-order valence-electron chi connectivity index (χ4n) is 4.07. The van der Waals surface area contributed by atoms with E-state index in [1.165, 1.54) is 31.5 Å². The van der Waals surface area contributed by atoms with Gasteiger partial charge in [-0.3, -0.25) is 9.80 Å². The number of rotatable bonds is 5. The Bertz CT molecular complexity index is 700. The van der Waals surface area contributed by atoms with Crippen LogP contribution in [-0.2, 0) is 6.54 Å². The van der Waals surface area contributed by atoms with Crippen LogP contribution in [0.2, 0.25) is 0 Å². The molecule has 4 heterocycles. The van der Waals surface area contributed by atoms with Crippen molar-refractivity contribution in [2.24, 2.45) is 0 Å². The lowest BCUT2D eigenvalue weighted by Crippen LogP contribution is -2.62. The standard InChI is InChI=1S/C19H25N5O/c1-2-6-20-18(3-1)24-9-7-23(8-10-24)17-13-22(14-17)12-16-11-21-25-19(16)15-4-5-15/h1-3,6,11,15,17H,4-5,7-10,12-14H2. The van der Waals surface area contributed by atoms with E-state index in [2.05, 4.69) is 37.0 Å². The lowest BCUT2D eigenvalue weighted by Gasteiger charge is -2.48. The van der Waals surface area contributed by atoms with E-state index in [0.29, 0.717) is 12.0 Å². The molecule has 3 fully saturated rings. The SMILES string of the molecule is c1ccc(N2CCN(C3CN(Cc4cnoc4C4CC4)C3)CC2)nc1. The Hall–Kier alpha value is -1.92. The molecule has 0 spiro atoms. The van der Waals surface area contributed by atoms with Crippen LogP contribution in [0.5, 0.6) is 0 Å². The predicted octanol–water partition coefficient (Wildman–Crippen LogP) is 1.95. The van der Waals surface area contributed by atoms with E-state index in [-0.39, 0.29) is 0 Å². The number of likely N-dealkylation sites (tertiary alicyclic amines) is 1. The third kappa shape index (κ3) is 3.16. The maximum atomic E-state index is 5.46. The van der Waals surface area contributed by atoms with Crippen LogP contribution in [0.3, 0.4) is 0 Å². The van der Waals surface area contributed by atoms with Crippen molar-refractivity contribution in [3.05, 3.63) is 41.9 Å². The van der Waals surface area contributed by atoms with E-state index in [9.17, 15) is 0 Å². The van der Waals surface area contributed by atoms with Gasteiger partial charge in [0.05, 0.1) is 6.20 Å². The Balaban J connectivity index is 1.10. The number of piperazine rings is 1. The second-order valence-corrected chi connectivity index (χ2v) is 7.55. The van der Waals surface area contributed by atoms with E-state index >= 15 is 0 Å². The molecule has 0 radical (unpaired) electrons. The van der Waals surface area contributed by atoms with Gasteiger partial charge in [-0.25, -0.2) is 4.98 Å². The summed E-state index contributed by atoms with van der Waals surface area (Å²) in [5.74, 6) is 2.90. The maximum Gasteiger partial charge on any atom is 0.144 e. The van der Waals surface area contributed by atoms with Crippen molar-refractivity contribution < 1.29 is 4.52 Å². The highest BCUT2D eigenvalue weighted by molar-refractivity contribution is 5.38. The van der Waals surface area contributed by atoms with Crippen LogP contribution in [0.15, 0.2) is 35.1 Å². The average molecular weight is 339 g/mol. The van der Waals surface area contributed by atoms with Gasteiger partial charge in [0.1, 0.15) is 11.6 Å². The van der Waals surface area contributed by atoms with Crippen LogP contribution in [-0.4, -0.2) is 65.3 Å². The summed E-state index contributed by atoms with van der Waals surface area (Å²) in [7, 11) is 0. The third-order valence-electron chi connectivity index (χ3n) is 5.76. The molecule has 3 aliphatic rings. The smallest absolute Gasteiger partial charge is 0.144 e. The zero-order valence-electron chi connectivity index (χ0n) is 14.5. The first-order valence-electron chi connectivity index (χ1n) is 9.42. The topological polar surface area (TPSA) is 48.6 Å². The Morgan fingerprint density at radius 2 is 1.92 bits per heavy atom. The molecule has 0 amide bonds. The van der Waals surface area contributed by atoms with Gasteiger partial charge < -0.3 is 9.42 Å². The minimum atomic E-state index is 0.647. The Morgan fingerprint density at radius 3 is 2.64 bits per heavy atom. The van der Waals surface area contributed by atoms with Crippen LogP contribution in [0.1, 0.15) is 30.1 Å². The molecule has 0 atom stereocenters. The highest BCUT2D eigenvalue weighted by atomic mass is 16.5. The molecule has 0 bridgehead atoms. The summed E-state index contributed by atoms with van der Waals surface area (Å²) in [6, 6.07) is 6.86. The van der Waals surface area contributed by atoms with Gasteiger partial charge in [0.15, 0.2) is 0 Å². The second kappa shape index (κ2) is 6.42. The predicted molar refractivity (Wildman–Crippen MR) is 95.6 cm³/mol. The van der Waals surface area contributed by atoms with E-state index in [1.54, 1.807) is 0 Å². The molecule has 6 nitrogen and oxygen atoms in total. The molecular weight excluding hydrogens is 314 g/mol. The van der Waals surface area contributed by atoms with Gasteiger partial charge >= 0.3 is 0 Å². The van der Waals surface area contributed by atoms with Gasteiger partial charge in [0.25, 0.3) is 0 Å². The van der Waals surface area contributed by atoms with Gasteiger partial charge in [-0.2, -0.15) is 0 Å². The summed E-state index contributed by atoms with van der Waals surface area (Å²) >= 11 is 0. The summed E-state index contributed by atoms with van der Waals surface area (Å²) in [5.41, 5.74) is 1.31. The highest BCUT2D eigenvalue weighted by Gasteiger charge is 2.36. The normalized spacial score (nSPS) is 23.0. The van der Waals surface area contributed by atoms with Crippen molar-refractivity contribution in [1.29, 1.82) is 0 Å².